The van der Waals surface area contributed by atoms with Crippen molar-refractivity contribution in [2.24, 2.45) is 0 Å². The van der Waals surface area contributed by atoms with Crippen molar-refractivity contribution in [3.8, 4) is 0 Å². The summed E-state index contributed by atoms with van der Waals surface area (Å²) in [6.07, 6.45) is 2.76. The zero-order valence-corrected chi connectivity index (χ0v) is 10.2. The summed E-state index contributed by atoms with van der Waals surface area (Å²) in [5, 5.41) is 20.2. The molecule has 3 N–H and O–H groups in total. The molecule has 0 aliphatic rings. The van der Waals surface area contributed by atoms with Gasteiger partial charge < -0.3 is 10.4 Å². The highest BCUT2D eigenvalue weighted by molar-refractivity contribution is 6.28. The quantitative estimate of drug-likeness (QED) is 0.706. The van der Waals surface area contributed by atoms with Crippen LogP contribution in [0.1, 0.15) is 19.8 Å². The van der Waals surface area contributed by atoms with Crippen LogP contribution in [0, 0.1) is 0 Å². The summed E-state index contributed by atoms with van der Waals surface area (Å²) >= 11 is 5.79. The molecule has 17 heavy (non-hydrogen) atoms. The Morgan fingerprint density at radius 1 is 1.53 bits per heavy atom. The second-order valence-electron chi connectivity index (χ2n) is 3.75. The minimum Gasteiger partial charge on any atom is -0.393 e. The number of rotatable bonds is 5. The van der Waals surface area contributed by atoms with Crippen LogP contribution in [0.3, 0.4) is 0 Å². The van der Waals surface area contributed by atoms with Crippen LogP contribution >= 0.6 is 11.6 Å². The van der Waals surface area contributed by atoms with Gasteiger partial charge in [0.2, 0.25) is 5.28 Å². The van der Waals surface area contributed by atoms with Crippen LogP contribution in [-0.4, -0.2) is 37.9 Å². The molecule has 6 nitrogen and oxygen atoms in total. The first kappa shape index (κ1) is 12.1. The third-order valence-electron chi connectivity index (χ3n) is 2.52. The van der Waals surface area contributed by atoms with Gasteiger partial charge in [-0.25, -0.2) is 0 Å². The molecular formula is C10H14ClN5O. The number of hydrogen-bond donors (Lipinski definition) is 3. The summed E-state index contributed by atoms with van der Waals surface area (Å²) in [6, 6.07) is 0. The Morgan fingerprint density at radius 2 is 2.35 bits per heavy atom. The number of fused-ring (bicyclic) bond motifs is 1. The Bertz CT molecular complexity index is 500. The van der Waals surface area contributed by atoms with E-state index in [4.69, 9.17) is 11.6 Å². The summed E-state index contributed by atoms with van der Waals surface area (Å²) in [7, 11) is 0. The lowest BCUT2D eigenvalue weighted by atomic mass is 10.2. The lowest BCUT2D eigenvalue weighted by Gasteiger charge is -2.09. The summed E-state index contributed by atoms with van der Waals surface area (Å²) in [5.74, 6) is 0.636. The Labute approximate surface area is 103 Å². The van der Waals surface area contributed by atoms with E-state index in [2.05, 4.69) is 25.5 Å². The van der Waals surface area contributed by atoms with E-state index in [0.29, 0.717) is 24.4 Å². The van der Waals surface area contributed by atoms with Gasteiger partial charge in [-0.15, -0.1) is 0 Å². The van der Waals surface area contributed by atoms with Crippen LogP contribution in [0.5, 0.6) is 0 Å². The Hall–Kier alpha value is -1.40. The van der Waals surface area contributed by atoms with Gasteiger partial charge in [-0.1, -0.05) is 6.92 Å². The van der Waals surface area contributed by atoms with Gasteiger partial charge in [0.05, 0.1) is 17.7 Å². The molecule has 0 saturated carbocycles. The second-order valence-corrected chi connectivity index (χ2v) is 4.09. The predicted octanol–water partition coefficient (Wildman–Crippen LogP) is 1.58. The summed E-state index contributed by atoms with van der Waals surface area (Å²) in [4.78, 5) is 8.10. The lowest BCUT2D eigenvalue weighted by molar-refractivity contribution is 0.164. The van der Waals surface area contributed by atoms with E-state index < -0.39 is 0 Å². The van der Waals surface area contributed by atoms with Crippen molar-refractivity contribution in [1.29, 1.82) is 0 Å². The highest BCUT2D eigenvalue weighted by Gasteiger charge is 2.08. The van der Waals surface area contributed by atoms with E-state index in [-0.39, 0.29) is 11.4 Å². The first-order valence-electron chi connectivity index (χ1n) is 5.49. The number of aliphatic hydroxyl groups is 1. The number of nitrogens with zero attached hydrogens (tertiary/aromatic N) is 3. The Kier molecular flexibility index (Phi) is 3.75. The van der Waals surface area contributed by atoms with Gasteiger partial charge in [-0.3, -0.25) is 5.10 Å². The molecule has 2 rings (SSSR count). The molecule has 2 heterocycles. The van der Waals surface area contributed by atoms with Crippen molar-refractivity contribution in [2.45, 2.75) is 25.9 Å². The number of aliphatic hydroxyl groups excluding tert-OH is 1. The fourth-order valence-electron chi connectivity index (χ4n) is 1.50. The minimum atomic E-state index is -0.292. The summed E-state index contributed by atoms with van der Waals surface area (Å²) in [6.45, 7) is 2.57. The topological polar surface area (TPSA) is 86.7 Å². The van der Waals surface area contributed by atoms with Gasteiger partial charge >= 0.3 is 0 Å². The molecule has 7 heteroatoms. The molecule has 2 aromatic rings. The number of anilines is 1. The van der Waals surface area contributed by atoms with Crippen LogP contribution in [0.25, 0.3) is 11.0 Å². The summed E-state index contributed by atoms with van der Waals surface area (Å²) < 4.78 is 0. The number of aromatic nitrogens is 4. The van der Waals surface area contributed by atoms with Crippen molar-refractivity contribution in [1.82, 2.24) is 20.2 Å². The Balaban J connectivity index is 2.09. The van der Waals surface area contributed by atoms with Gasteiger partial charge in [-0.05, 0) is 24.4 Å². The average molecular weight is 256 g/mol. The molecule has 0 fully saturated rings. The normalized spacial score (nSPS) is 12.9. The van der Waals surface area contributed by atoms with Gasteiger partial charge in [0.1, 0.15) is 5.82 Å². The van der Waals surface area contributed by atoms with E-state index in [0.717, 1.165) is 11.8 Å². The molecule has 92 valence electrons. The maximum absolute atomic E-state index is 9.45. The van der Waals surface area contributed by atoms with Crippen LogP contribution in [0.4, 0.5) is 5.82 Å². The highest BCUT2D eigenvalue weighted by Crippen LogP contribution is 2.19. The predicted molar refractivity (Wildman–Crippen MR) is 66.1 cm³/mol. The van der Waals surface area contributed by atoms with Crippen molar-refractivity contribution in [3.63, 3.8) is 0 Å². The highest BCUT2D eigenvalue weighted by atomic mass is 35.5. The van der Waals surface area contributed by atoms with Crippen LogP contribution < -0.4 is 5.32 Å². The lowest BCUT2D eigenvalue weighted by Crippen LogP contribution is -2.13. The monoisotopic (exact) mass is 255 g/mol. The van der Waals surface area contributed by atoms with Gasteiger partial charge in [0.15, 0.2) is 5.65 Å². The molecule has 0 aromatic carbocycles. The molecule has 0 saturated heterocycles. The van der Waals surface area contributed by atoms with Gasteiger partial charge in [-0.2, -0.15) is 15.1 Å². The molecular weight excluding hydrogens is 242 g/mol. The Morgan fingerprint density at radius 3 is 3.12 bits per heavy atom. The van der Waals surface area contributed by atoms with Crippen molar-refractivity contribution in [3.05, 3.63) is 11.5 Å². The zero-order chi connectivity index (χ0) is 12.3. The fraction of sp³-hybridized carbons (Fsp3) is 0.500. The number of halogens is 1. The third-order valence-corrected chi connectivity index (χ3v) is 2.69. The maximum atomic E-state index is 9.45. The first-order valence-corrected chi connectivity index (χ1v) is 5.87. The molecule has 1 unspecified atom stereocenters. The van der Waals surface area contributed by atoms with Crippen molar-refractivity contribution >= 4 is 28.5 Å². The maximum Gasteiger partial charge on any atom is 0.226 e. The van der Waals surface area contributed by atoms with Gasteiger partial charge in [0, 0.05) is 6.54 Å². The standard InChI is InChI=1S/C10H14ClN5O/c1-2-6(17)3-4-12-8-7-5-13-16-9(7)15-10(11)14-8/h5-6,17H,2-4H2,1H3,(H2,12,13,14,15,16). The van der Waals surface area contributed by atoms with Crippen molar-refractivity contribution in [2.75, 3.05) is 11.9 Å². The molecule has 0 aliphatic heterocycles. The van der Waals surface area contributed by atoms with E-state index >= 15 is 0 Å². The van der Waals surface area contributed by atoms with Crippen molar-refractivity contribution < 1.29 is 5.11 Å². The van der Waals surface area contributed by atoms with E-state index in [1.807, 2.05) is 6.92 Å². The molecule has 1 atom stereocenters. The molecule has 0 bridgehead atoms. The van der Waals surface area contributed by atoms with Gasteiger partial charge in [0.25, 0.3) is 0 Å². The second kappa shape index (κ2) is 5.29. The van der Waals surface area contributed by atoms with Crippen LogP contribution in [-0.2, 0) is 0 Å². The fourth-order valence-corrected chi connectivity index (χ4v) is 1.67. The molecule has 0 spiro atoms. The third kappa shape index (κ3) is 2.83. The van der Waals surface area contributed by atoms with E-state index in [9.17, 15) is 5.11 Å². The largest absolute Gasteiger partial charge is 0.393 e. The number of hydrogen-bond acceptors (Lipinski definition) is 5. The van der Waals surface area contributed by atoms with Crippen LogP contribution in [0.2, 0.25) is 5.28 Å². The van der Waals surface area contributed by atoms with E-state index in [1.54, 1.807) is 6.20 Å². The molecule has 0 radical (unpaired) electrons. The molecule has 0 amide bonds. The minimum absolute atomic E-state index is 0.167. The first-order chi connectivity index (χ1) is 8.20. The molecule has 0 aliphatic carbocycles. The number of aromatic amines is 1. The molecule has 2 aromatic heterocycles. The number of nitrogens with one attached hydrogen (secondary N) is 2. The van der Waals surface area contributed by atoms with E-state index in [1.165, 1.54) is 0 Å². The SMILES string of the molecule is CCC(O)CCNc1nc(Cl)nc2[nH]ncc12. The summed E-state index contributed by atoms with van der Waals surface area (Å²) in [5.41, 5.74) is 0.600. The smallest absolute Gasteiger partial charge is 0.226 e. The zero-order valence-electron chi connectivity index (χ0n) is 9.44. The average Bonchev–Trinajstić information content (AvgIpc) is 2.76. The van der Waals surface area contributed by atoms with Crippen LogP contribution in [0.15, 0.2) is 6.20 Å². The number of H-pyrrole nitrogens is 1.